The molecule has 18 heavy (non-hydrogen) atoms. The summed E-state index contributed by atoms with van der Waals surface area (Å²) in [5.41, 5.74) is 1.06. The maximum Gasteiger partial charge on any atom is 0.199 e. The van der Waals surface area contributed by atoms with Crippen molar-refractivity contribution in [1.82, 2.24) is 0 Å². The normalized spacial score (nSPS) is 23.9. The van der Waals surface area contributed by atoms with E-state index >= 15 is 0 Å². The lowest BCUT2D eigenvalue weighted by Gasteiger charge is -2.25. The van der Waals surface area contributed by atoms with E-state index in [1.54, 1.807) is 32.0 Å². The van der Waals surface area contributed by atoms with Crippen LogP contribution in [0.4, 0.5) is 5.69 Å². The third kappa shape index (κ3) is 2.06. The quantitative estimate of drug-likeness (QED) is 0.671. The molecule has 2 rings (SSSR count). The average Bonchev–Trinajstić information content (AvgIpc) is 2.54. The standard InChI is InChI=1S/C11H11Cl2NO3S/c1-6-7(2)18(16)14(11(6)17-15)10-8(12)4-3-5-9(10)13/h3-5,11,15H,1-2H3/t11-,18?/m0/s1. The van der Waals surface area contributed by atoms with Crippen molar-refractivity contribution in [3.63, 3.8) is 0 Å². The number of hydrogen-bond donors (Lipinski definition) is 1. The van der Waals surface area contributed by atoms with Gasteiger partial charge in [-0.15, -0.1) is 0 Å². The fourth-order valence-electron chi connectivity index (χ4n) is 1.74. The van der Waals surface area contributed by atoms with Crippen molar-refractivity contribution in [3.05, 3.63) is 38.7 Å². The summed E-state index contributed by atoms with van der Waals surface area (Å²) in [6, 6.07) is 4.96. The van der Waals surface area contributed by atoms with Crippen LogP contribution < -0.4 is 4.31 Å². The second-order valence-electron chi connectivity index (χ2n) is 3.84. The first-order chi connectivity index (χ1) is 8.49. The van der Waals surface area contributed by atoms with Gasteiger partial charge >= 0.3 is 0 Å². The van der Waals surface area contributed by atoms with E-state index in [-0.39, 0.29) is 0 Å². The monoisotopic (exact) mass is 307 g/mol. The molecule has 1 aromatic rings. The fourth-order valence-corrected chi connectivity index (χ4v) is 3.83. The summed E-state index contributed by atoms with van der Waals surface area (Å²) >= 11 is 12.2. The van der Waals surface area contributed by atoms with E-state index in [9.17, 15) is 4.21 Å². The first kappa shape index (κ1) is 13.8. The Hall–Kier alpha value is -0.590. The Bertz CT molecular complexity index is 527. The van der Waals surface area contributed by atoms with Crippen molar-refractivity contribution in [2.45, 2.75) is 20.1 Å². The zero-order valence-corrected chi connectivity index (χ0v) is 12.0. The van der Waals surface area contributed by atoms with Crippen LogP contribution in [0.25, 0.3) is 0 Å². The SMILES string of the molecule is CC1=C(C)S(=O)N(c2c(Cl)cccc2Cl)[C@H]1OO. The maximum atomic E-state index is 12.3. The van der Waals surface area contributed by atoms with E-state index in [1.807, 2.05) is 0 Å². The fraction of sp³-hybridized carbons (Fsp3) is 0.273. The van der Waals surface area contributed by atoms with Gasteiger partial charge in [-0.2, -0.15) is 0 Å². The van der Waals surface area contributed by atoms with Gasteiger partial charge < -0.3 is 0 Å². The lowest BCUT2D eigenvalue weighted by atomic mass is 10.2. The Morgan fingerprint density at radius 1 is 1.33 bits per heavy atom. The van der Waals surface area contributed by atoms with Crippen LogP contribution >= 0.6 is 23.2 Å². The number of anilines is 1. The maximum absolute atomic E-state index is 12.3. The summed E-state index contributed by atoms with van der Waals surface area (Å²) < 4.78 is 13.6. The molecule has 2 atom stereocenters. The van der Waals surface area contributed by atoms with Crippen LogP contribution in [0.1, 0.15) is 13.8 Å². The summed E-state index contributed by atoms with van der Waals surface area (Å²) in [7, 11) is -1.48. The summed E-state index contributed by atoms with van der Waals surface area (Å²) in [4.78, 5) is 5.01. The molecule has 98 valence electrons. The lowest BCUT2D eigenvalue weighted by molar-refractivity contribution is -0.264. The van der Waals surface area contributed by atoms with Crippen LogP contribution in [0.2, 0.25) is 10.0 Å². The highest BCUT2D eigenvalue weighted by Crippen LogP contribution is 2.41. The number of para-hydroxylation sites is 1. The van der Waals surface area contributed by atoms with Gasteiger partial charge in [0.05, 0.1) is 15.7 Å². The number of rotatable bonds is 2. The van der Waals surface area contributed by atoms with Gasteiger partial charge in [-0.05, 0) is 31.6 Å². The van der Waals surface area contributed by atoms with Gasteiger partial charge in [0.25, 0.3) is 0 Å². The number of nitrogens with zero attached hydrogens (tertiary/aromatic N) is 1. The van der Waals surface area contributed by atoms with E-state index in [1.165, 1.54) is 4.31 Å². The molecule has 7 heteroatoms. The van der Waals surface area contributed by atoms with Gasteiger partial charge in [0, 0.05) is 4.91 Å². The van der Waals surface area contributed by atoms with Crippen molar-refractivity contribution in [1.29, 1.82) is 0 Å². The van der Waals surface area contributed by atoms with Crippen molar-refractivity contribution in [2.24, 2.45) is 0 Å². The highest BCUT2D eigenvalue weighted by atomic mass is 35.5. The van der Waals surface area contributed by atoms with Crippen molar-refractivity contribution in [2.75, 3.05) is 4.31 Å². The Morgan fingerprint density at radius 2 is 1.89 bits per heavy atom. The summed E-state index contributed by atoms with van der Waals surface area (Å²) in [5, 5.41) is 9.68. The van der Waals surface area contributed by atoms with Gasteiger partial charge in [-0.25, -0.2) is 14.4 Å². The van der Waals surface area contributed by atoms with Gasteiger partial charge in [0.2, 0.25) is 0 Å². The Kier molecular flexibility index (Phi) is 3.99. The Morgan fingerprint density at radius 3 is 2.39 bits per heavy atom. The molecule has 1 aliphatic heterocycles. The van der Waals surface area contributed by atoms with Crippen LogP contribution in [0.15, 0.2) is 28.7 Å². The minimum absolute atomic E-state index is 0.348. The lowest BCUT2D eigenvalue weighted by Crippen LogP contribution is -2.34. The third-order valence-electron chi connectivity index (χ3n) is 2.84. The van der Waals surface area contributed by atoms with Crippen LogP contribution in [0.5, 0.6) is 0 Å². The molecule has 1 unspecified atom stereocenters. The Labute approximate surface area is 117 Å². The Balaban J connectivity index is 2.55. The molecule has 0 fully saturated rings. The van der Waals surface area contributed by atoms with Crippen LogP contribution in [-0.2, 0) is 15.9 Å². The smallest absolute Gasteiger partial charge is 0.199 e. The predicted octanol–water partition coefficient (Wildman–Crippen LogP) is 3.59. The number of allylic oxidation sites excluding steroid dienone is 1. The first-order valence-corrected chi connectivity index (χ1v) is 6.98. The van der Waals surface area contributed by atoms with Gasteiger partial charge in [-0.1, -0.05) is 29.3 Å². The van der Waals surface area contributed by atoms with Crippen LogP contribution in [0, 0.1) is 0 Å². The average molecular weight is 308 g/mol. The molecule has 0 amide bonds. The molecule has 4 nitrogen and oxygen atoms in total. The minimum atomic E-state index is -1.48. The minimum Gasteiger partial charge on any atom is -0.251 e. The molecule has 0 spiro atoms. The highest BCUT2D eigenvalue weighted by Gasteiger charge is 2.38. The van der Waals surface area contributed by atoms with Crippen molar-refractivity contribution < 1.29 is 14.4 Å². The van der Waals surface area contributed by atoms with Crippen molar-refractivity contribution >= 4 is 39.9 Å². The third-order valence-corrected chi connectivity index (χ3v) is 5.02. The van der Waals surface area contributed by atoms with Crippen LogP contribution in [-0.4, -0.2) is 15.7 Å². The van der Waals surface area contributed by atoms with Gasteiger partial charge in [0.15, 0.2) is 17.2 Å². The van der Waals surface area contributed by atoms with Crippen molar-refractivity contribution in [3.8, 4) is 0 Å². The number of benzene rings is 1. The molecule has 0 saturated heterocycles. The zero-order valence-electron chi connectivity index (χ0n) is 9.68. The molecule has 1 aliphatic rings. The second kappa shape index (κ2) is 5.19. The molecule has 0 aromatic heterocycles. The molecule has 1 N–H and O–H groups in total. The molecule has 1 aromatic carbocycles. The van der Waals surface area contributed by atoms with Gasteiger partial charge in [0.1, 0.15) is 0 Å². The topological polar surface area (TPSA) is 49.8 Å². The molecule has 1 heterocycles. The number of hydrogen-bond acceptors (Lipinski definition) is 3. The summed E-state index contributed by atoms with van der Waals surface area (Å²) in [6.45, 7) is 3.45. The molecular weight excluding hydrogens is 297 g/mol. The zero-order chi connectivity index (χ0) is 13.4. The predicted molar refractivity (Wildman–Crippen MR) is 73.0 cm³/mol. The summed E-state index contributed by atoms with van der Waals surface area (Å²) in [6.07, 6.45) is -0.844. The van der Waals surface area contributed by atoms with E-state index in [4.69, 9.17) is 28.5 Å². The van der Waals surface area contributed by atoms with Crippen LogP contribution in [0.3, 0.4) is 0 Å². The molecular formula is C11H11Cl2NO3S. The molecule has 0 radical (unpaired) electrons. The first-order valence-electron chi connectivity index (χ1n) is 5.11. The largest absolute Gasteiger partial charge is 0.251 e. The van der Waals surface area contributed by atoms with Gasteiger partial charge in [-0.3, -0.25) is 4.31 Å². The number of halogens is 2. The van der Waals surface area contributed by atoms with E-state index in [0.29, 0.717) is 26.2 Å². The highest BCUT2D eigenvalue weighted by molar-refractivity contribution is 7.90. The van der Waals surface area contributed by atoms with E-state index in [0.717, 1.165) is 0 Å². The van der Waals surface area contributed by atoms with E-state index < -0.39 is 17.2 Å². The molecule has 0 aliphatic carbocycles. The second-order valence-corrected chi connectivity index (χ2v) is 6.16. The van der Waals surface area contributed by atoms with E-state index in [2.05, 4.69) is 4.89 Å². The summed E-state index contributed by atoms with van der Waals surface area (Å²) in [5.74, 6) is 0. The molecule has 0 bridgehead atoms. The molecule has 0 saturated carbocycles.